The van der Waals surface area contributed by atoms with Crippen LogP contribution in [0.25, 0.3) is 22.2 Å². The number of piperidine rings is 1. The Labute approximate surface area is 162 Å². The predicted octanol–water partition coefficient (Wildman–Crippen LogP) is 1.34. The van der Waals surface area contributed by atoms with E-state index in [2.05, 4.69) is 21.2 Å². The van der Waals surface area contributed by atoms with Gasteiger partial charge in [-0.15, -0.1) is 0 Å². The first-order valence-electron chi connectivity index (χ1n) is 9.75. The van der Waals surface area contributed by atoms with Crippen molar-refractivity contribution in [2.75, 3.05) is 36.9 Å². The number of aromatic amines is 1. The number of pyridine rings is 1. The molecule has 9 nitrogen and oxygen atoms in total. The lowest BCUT2D eigenvalue weighted by Gasteiger charge is -2.47. The molecule has 3 N–H and O–H groups in total. The molecule has 5 heterocycles. The van der Waals surface area contributed by atoms with Crippen molar-refractivity contribution in [2.24, 2.45) is 12.5 Å². The van der Waals surface area contributed by atoms with Gasteiger partial charge in [0.2, 0.25) is 0 Å². The summed E-state index contributed by atoms with van der Waals surface area (Å²) in [7, 11) is 1.96. The molecule has 1 spiro atoms. The molecule has 0 radical (unpaired) electrons. The third-order valence-electron chi connectivity index (χ3n) is 6.26. The standard InChI is InChI=1S/C19H25N7O2/c1-3-25-9-12(16-15(18(25)27)17(20)22-21-16)13-8-14(24(2)23-13)26-6-4-19(5-7-26)10-28-11-19/h8-9H,3-7,10-11H2,1-2H3,(H3,20,21,22). The van der Waals surface area contributed by atoms with Gasteiger partial charge in [0.1, 0.15) is 11.2 Å². The van der Waals surface area contributed by atoms with Gasteiger partial charge in [0.15, 0.2) is 5.82 Å². The highest BCUT2D eigenvalue weighted by molar-refractivity contribution is 5.97. The Bertz CT molecular complexity index is 1100. The topological polar surface area (TPSA) is 107 Å². The van der Waals surface area contributed by atoms with Crippen LogP contribution in [0.3, 0.4) is 0 Å². The number of ether oxygens (including phenoxy) is 1. The van der Waals surface area contributed by atoms with Crippen LogP contribution in [0, 0.1) is 5.41 Å². The van der Waals surface area contributed by atoms with E-state index in [4.69, 9.17) is 15.6 Å². The monoisotopic (exact) mass is 383 g/mol. The number of nitrogens with zero attached hydrogens (tertiary/aromatic N) is 5. The number of fused-ring (bicyclic) bond motifs is 1. The first-order chi connectivity index (χ1) is 13.5. The van der Waals surface area contributed by atoms with Gasteiger partial charge in [0.25, 0.3) is 5.56 Å². The minimum atomic E-state index is -0.132. The van der Waals surface area contributed by atoms with Crippen molar-refractivity contribution in [1.82, 2.24) is 24.5 Å². The molecular formula is C19H25N7O2. The van der Waals surface area contributed by atoms with Gasteiger partial charge in [-0.2, -0.15) is 10.2 Å². The summed E-state index contributed by atoms with van der Waals surface area (Å²) in [4.78, 5) is 15.0. The van der Waals surface area contributed by atoms with Gasteiger partial charge in [0, 0.05) is 49.9 Å². The van der Waals surface area contributed by atoms with Crippen LogP contribution in [0.2, 0.25) is 0 Å². The number of anilines is 2. The molecular weight excluding hydrogens is 358 g/mol. The highest BCUT2D eigenvalue weighted by Crippen LogP contribution is 2.40. The largest absolute Gasteiger partial charge is 0.382 e. The lowest BCUT2D eigenvalue weighted by Crippen LogP contribution is -2.51. The number of hydrogen-bond acceptors (Lipinski definition) is 6. The van der Waals surface area contributed by atoms with E-state index in [1.807, 2.05) is 24.9 Å². The van der Waals surface area contributed by atoms with E-state index >= 15 is 0 Å². The number of aryl methyl sites for hydroxylation is 2. The smallest absolute Gasteiger partial charge is 0.263 e. The Hall–Kier alpha value is -2.81. The maximum atomic E-state index is 12.6. The molecule has 0 saturated carbocycles. The molecule has 5 rings (SSSR count). The first kappa shape index (κ1) is 17.3. The van der Waals surface area contributed by atoms with Crippen LogP contribution in [0.1, 0.15) is 19.8 Å². The number of nitrogens with one attached hydrogen (secondary N) is 1. The van der Waals surface area contributed by atoms with Crippen molar-refractivity contribution in [1.29, 1.82) is 0 Å². The summed E-state index contributed by atoms with van der Waals surface area (Å²) in [6, 6.07) is 2.09. The zero-order valence-electron chi connectivity index (χ0n) is 16.2. The Kier molecular flexibility index (Phi) is 3.77. The summed E-state index contributed by atoms with van der Waals surface area (Å²) in [5.74, 6) is 1.31. The van der Waals surface area contributed by atoms with E-state index in [9.17, 15) is 4.79 Å². The van der Waals surface area contributed by atoms with E-state index in [-0.39, 0.29) is 11.4 Å². The van der Waals surface area contributed by atoms with Crippen LogP contribution >= 0.6 is 0 Å². The molecule has 2 fully saturated rings. The normalized spacial score (nSPS) is 18.7. The van der Waals surface area contributed by atoms with Crippen LogP contribution in [-0.2, 0) is 18.3 Å². The predicted molar refractivity (Wildman–Crippen MR) is 107 cm³/mol. The molecule has 9 heteroatoms. The second-order valence-electron chi connectivity index (χ2n) is 7.98. The molecule has 0 amide bonds. The molecule has 0 unspecified atom stereocenters. The average Bonchev–Trinajstić information content (AvgIpc) is 3.25. The maximum Gasteiger partial charge on any atom is 0.263 e. The highest BCUT2D eigenvalue weighted by atomic mass is 16.5. The van der Waals surface area contributed by atoms with Gasteiger partial charge in [-0.3, -0.25) is 14.6 Å². The molecule has 2 saturated heterocycles. The van der Waals surface area contributed by atoms with Crippen molar-refractivity contribution in [3.63, 3.8) is 0 Å². The molecule has 0 atom stereocenters. The number of nitrogen functional groups attached to an aromatic ring is 1. The van der Waals surface area contributed by atoms with Gasteiger partial charge >= 0.3 is 0 Å². The van der Waals surface area contributed by atoms with Crippen molar-refractivity contribution in [3.8, 4) is 11.3 Å². The van der Waals surface area contributed by atoms with Crippen molar-refractivity contribution in [2.45, 2.75) is 26.3 Å². The van der Waals surface area contributed by atoms with Gasteiger partial charge in [-0.1, -0.05) is 0 Å². The molecule has 0 aliphatic carbocycles. The van der Waals surface area contributed by atoms with Crippen LogP contribution in [0.4, 0.5) is 11.6 Å². The van der Waals surface area contributed by atoms with Crippen molar-refractivity contribution in [3.05, 3.63) is 22.6 Å². The van der Waals surface area contributed by atoms with Crippen LogP contribution in [-0.4, -0.2) is 50.8 Å². The fraction of sp³-hybridized carbons (Fsp3) is 0.526. The number of H-pyrrole nitrogens is 1. The quantitative estimate of drug-likeness (QED) is 0.707. The summed E-state index contributed by atoms with van der Waals surface area (Å²) in [6.07, 6.45) is 4.14. The molecule has 3 aromatic rings. The third kappa shape index (κ3) is 2.46. The third-order valence-corrected chi connectivity index (χ3v) is 6.26. The fourth-order valence-corrected chi connectivity index (χ4v) is 4.39. The molecule has 2 aliphatic heterocycles. The second kappa shape index (κ2) is 6.10. The SMILES string of the molecule is CCn1cc(-c2cc(N3CCC4(CC3)COC4)n(C)n2)c2[nH]nc(N)c2c1=O. The van der Waals surface area contributed by atoms with Crippen LogP contribution < -0.4 is 16.2 Å². The molecule has 28 heavy (non-hydrogen) atoms. The van der Waals surface area contributed by atoms with E-state index in [1.54, 1.807) is 4.57 Å². The second-order valence-corrected chi connectivity index (χ2v) is 7.98. The molecule has 2 aliphatic rings. The maximum absolute atomic E-state index is 12.6. The van der Waals surface area contributed by atoms with E-state index in [0.29, 0.717) is 22.9 Å². The summed E-state index contributed by atoms with van der Waals surface area (Å²) in [6.45, 7) is 6.30. The minimum absolute atomic E-state index is 0.132. The number of rotatable bonds is 3. The van der Waals surface area contributed by atoms with E-state index in [1.165, 1.54) is 0 Å². The van der Waals surface area contributed by atoms with Gasteiger partial charge in [0.05, 0.1) is 24.4 Å². The van der Waals surface area contributed by atoms with Gasteiger partial charge in [-0.05, 0) is 19.8 Å². The number of hydrogen-bond donors (Lipinski definition) is 2. The molecule has 3 aromatic heterocycles. The Morgan fingerprint density at radius 2 is 2.07 bits per heavy atom. The highest BCUT2D eigenvalue weighted by Gasteiger charge is 2.41. The van der Waals surface area contributed by atoms with E-state index < -0.39 is 0 Å². The number of nitrogens with two attached hydrogens (primary N) is 1. The lowest BCUT2D eigenvalue weighted by molar-refractivity contribution is -0.124. The summed E-state index contributed by atoms with van der Waals surface area (Å²) >= 11 is 0. The van der Waals surface area contributed by atoms with Crippen molar-refractivity contribution < 1.29 is 4.74 Å². The minimum Gasteiger partial charge on any atom is -0.382 e. The van der Waals surface area contributed by atoms with Crippen molar-refractivity contribution >= 4 is 22.5 Å². The van der Waals surface area contributed by atoms with Gasteiger partial charge in [-0.25, -0.2) is 0 Å². The van der Waals surface area contributed by atoms with Gasteiger partial charge < -0.3 is 19.9 Å². The molecule has 148 valence electrons. The number of aromatic nitrogens is 5. The Balaban J connectivity index is 1.54. The van der Waals surface area contributed by atoms with Crippen LogP contribution in [0.5, 0.6) is 0 Å². The van der Waals surface area contributed by atoms with Crippen LogP contribution in [0.15, 0.2) is 17.1 Å². The Morgan fingerprint density at radius 3 is 2.71 bits per heavy atom. The fourth-order valence-electron chi connectivity index (χ4n) is 4.39. The summed E-state index contributed by atoms with van der Waals surface area (Å²) in [5.41, 5.74) is 8.49. The summed E-state index contributed by atoms with van der Waals surface area (Å²) < 4.78 is 9.00. The summed E-state index contributed by atoms with van der Waals surface area (Å²) in [5, 5.41) is 12.1. The lowest BCUT2D eigenvalue weighted by atomic mass is 9.77. The van der Waals surface area contributed by atoms with E-state index in [0.717, 1.165) is 56.2 Å². The zero-order chi connectivity index (χ0) is 19.5. The zero-order valence-corrected chi connectivity index (χ0v) is 16.2. The molecule has 0 bridgehead atoms. The molecule has 0 aromatic carbocycles. The average molecular weight is 383 g/mol. The Morgan fingerprint density at radius 1 is 1.32 bits per heavy atom. The first-order valence-corrected chi connectivity index (χ1v) is 9.75.